The van der Waals surface area contributed by atoms with E-state index in [2.05, 4.69) is 17.0 Å². The van der Waals surface area contributed by atoms with Crippen LogP contribution in [0.3, 0.4) is 0 Å². The van der Waals surface area contributed by atoms with Gasteiger partial charge in [0.15, 0.2) is 0 Å². The van der Waals surface area contributed by atoms with Crippen LogP contribution < -0.4 is 0 Å². The predicted molar refractivity (Wildman–Crippen MR) is 81.1 cm³/mol. The van der Waals surface area contributed by atoms with Crippen molar-refractivity contribution in [1.82, 2.24) is 10.1 Å². The number of rotatable bonds is 2. The summed E-state index contributed by atoms with van der Waals surface area (Å²) < 4.78 is 5.24. The van der Waals surface area contributed by atoms with E-state index < -0.39 is 0 Å². The highest BCUT2D eigenvalue weighted by Gasteiger charge is 2.44. The minimum atomic E-state index is -0.153. The van der Waals surface area contributed by atoms with Gasteiger partial charge in [0.05, 0.1) is 11.6 Å². The van der Waals surface area contributed by atoms with Crippen molar-refractivity contribution in [3.63, 3.8) is 0 Å². The first kappa shape index (κ1) is 14.6. The van der Waals surface area contributed by atoms with E-state index in [9.17, 15) is 4.79 Å². The van der Waals surface area contributed by atoms with Gasteiger partial charge in [-0.1, -0.05) is 18.0 Å². The Morgan fingerprint density at radius 1 is 1.33 bits per heavy atom. The zero-order valence-corrected chi connectivity index (χ0v) is 13.6. The molecule has 2 heterocycles. The third-order valence-electron chi connectivity index (χ3n) is 5.49. The number of carbonyl (C=O) groups is 1. The van der Waals surface area contributed by atoms with E-state index in [1.165, 1.54) is 32.1 Å². The predicted octanol–water partition coefficient (Wildman–Crippen LogP) is 3.57. The standard InChI is InChI=1S/C17H26N2O2/c1-10-9-14-7-5-6-8-15(14)19(10)17(20)11(2)16-12(3)18-21-13(16)4/h10-11,14-15H,5-9H2,1-4H3. The molecule has 1 saturated heterocycles. The molecule has 1 aliphatic carbocycles. The van der Waals surface area contributed by atoms with Crippen molar-refractivity contribution in [3.05, 3.63) is 17.0 Å². The molecule has 1 aliphatic heterocycles. The van der Waals surface area contributed by atoms with Crippen molar-refractivity contribution in [2.24, 2.45) is 5.92 Å². The van der Waals surface area contributed by atoms with Gasteiger partial charge in [-0.2, -0.15) is 0 Å². The van der Waals surface area contributed by atoms with Gasteiger partial charge in [0, 0.05) is 17.6 Å². The fourth-order valence-corrected chi connectivity index (χ4v) is 4.54. The maximum Gasteiger partial charge on any atom is 0.230 e. The summed E-state index contributed by atoms with van der Waals surface area (Å²) in [5.41, 5.74) is 1.83. The molecule has 2 aliphatic rings. The van der Waals surface area contributed by atoms with Crippen molar-refractivity contribution in [1.29, 1.82) is 0 Å². The van der Waals surface area contributed by atoms with Crippen LogP contribution in [0.25, 0.3) is 0 Å². The van der Waals surface area contributed by atoms with Crippen LogP contribution >= 0.6 is 0 Å². The molecule has 1 aromatic rings. The molecule has 21 heavy (non-hydrogen) atoms. The first-order chi connectivity index (χ1) is 10.0. The van der Waals surface area contributed by atoms with Gasteiger partial charge in [0.2, 0.25) is 5.91 Å². The highest BCUT2D eigenvalue weighted by atomic mass is 16.5. The lowest BCUT2D eigenvalue weighted by Gasteiger charge is -2.35. The van der Waals surface area contributed by atoms with Gasteiger partial charge < -0.3 is 9.42 Å². The largest absolute Gasteiger partial charge is 0.361 e. The van der Waals surface area contributed by atoms with Crippen LogP contribution in [0.15, 0.2) is 4.52 Å². The Labute approximate surface area is 126 Å². The van der Waals surface area contributed by atoms with E-state index >= 15 is 0 Å². The fourth-order valence-electron chi connectivity index (χ4n) is 4.54. The topological polar surface area (TPSA) is 46.3 Å². The number of fused-ring (bicyclic) bond motifs is 1. The molecule has 1 saturated carbocycles. The van der Waals surface area contributed by atoms with Crippen LogP contribution in [0.2, 0.25) is 0 Å². The number of amides is 1. The Kier molecular flexibility index (Phi) is 3.80. The quantitative estimate of drug-likeness (QED) is 0.836. The number of hydrogen-bond donors (Lipinski definition) is 0. The zero-order valence-electron chi connectivity index (χ0n) is 13.6. The maximum absolute atomic E-state index is 13.1. The van der Waals surface area contributed by atoms with E-state index in [4.69, 9.17) is 4.52 Å². The molecule has 0 spiro atoms. The Balaban J connectivity index is 1.84. The average Bonchev–Trinajstić information content (AvgIpc) is 2.96. The minimum Gasteiger partial charge on any atom is -0.361 e. The van der Waals surface area contributed by atoms with Crippen LogP contribution in [-0.2, 0) is 4.79 Å². The van der Waals surface area contributed by atoms with Crippen molar-refractivity contribution in [2.45, 2.75) is 77.8 Å². The Morgan fingerprint density at radius 3 is 2.71 bits per heavy atom. The second-order valence-corrected chi connectivity index (χ2v) is 6.90. The molecule has 116 valence electrons. The third-order valence-corrected chi connectivity index (χ3v) is 5.49. The van der Waals surface area contributed by atoms with Crippen LogP contribution in [0, 0.1) is 19.8 Å². The molecule has 0 radical (unpaired) electrons. The molecule has 0 bridgehead atoms. The highest BCUT2D eigenvalue weighted by Crippen LogP contribution is 2.41. The molecular weight excluding hydrogens is 264 g/mol. The van der Waals surface area contributed by atoms with Crippen molar-refractivity contribution < 1.29 is 9.32 Å². The molecule has 4 nitrogen and oxygen atoms in total. The Bertz CT molecular complexity index is 517. The van der Waals surface area contributed by atoms with Crippen molar-refractivity contribution in [2.75, 3.05) is 0 Å². The summed E-state index contributed by atoms with van der Waals surface area (Å²) >= 11 is 0. The summed E-state index contributed by atoms with van der Waals surface area (Å²) in [4.78, 5) is 15.3. The number of nitrogens with zero attached hydrogens (tertiary/aromatic N) is 2. The summed E-state index contributed by atoms with van der Waals surface area (Å²) in [6.45, 7) is 8.02. The second kappa shape index (κ2) is 5.47. The molecule has 4 atom stereocenters. The van der Waals surface area contributed by atoms with Crippen molar-refractivity contribution in [3.8, 4) is 0 Å². The first-order valence-corrected chi connectivity index (χ1v) is 8.25. The first-order valence-electron chi connectivity index (χ1n) is 8.25. The van der Waals surface area contributed by atoms with Gasteiger partial charge in [-0.25, -0.2) is 0 Å². The lowest BCUT2D eigenvalue weighted by molar-refractivity contribution is -0.135. The Hall–Kier alpha value is -1.32. The normalized spacial score (nSPS) is 30.3. The summed E-state index contributed by atoms with van der Waals surface area (Å²) in [5, 5.41) is 4.00. The van der Waals surface area contributed by atoms with Gasteiger partial charge in [-0.05, 0) is 52.9 Å². The molecule has 4 heteroatoms. The van der Waals surface area contributed by atoms with E-state index in [0.717, 1.165) is 22.9 Å². The van der Waals surface area contributed by atoms with Gasteiger partial charge >= 0.3 is 0 Å². The van der Waals surface area contributed by atoms with Gasteiger partial charge in [0.1, 0.15) is 5.76 Å². The van der Waals surface area contributed by atoms with E-state index in [1.54, 1.807) is 0 Å². The number of likely N-dealkylation sites (tertiary alicyclic amines) is 1. The molecule has 0 N–H and O–H groups in total. The van der Waals surface area contributed by atoms with Crippen LogP contribution in [0.5, 0.6) is 0 Å². The third kappa shape index (κ3) is 2.39. The molecule has 1 aromatic heterocycles. The molecule has 1 amide bonds. The number of aryl methyl sites for hydroxylation is 2. The molecule has 3 rings (SSSR count). The molecule has 2 fully saturated rings. The Morgan fingerprint density at radius 2 is 2.05 bits per heavy atom. The van der Waals surface area contributed by atoms with Crippen molar-refractivity contribution >= 4 is 5.91 Å². The molecule has 4 unspecified atom stereocenters. The molecular formula is C17H26N2O2. The zero-order chi connectivity index (χ0) is 15.1. The summed E-state index contributed by atoms with van der Waals surface area (Å²) in [6, 6.07) is 0.831. The van der Waals surface area contributed by atoms with Gasteiger partial charge in [-0.15, -0.1) is 0 Å². The monoisotopic (exact) mass is 290 g/mol. The van der Waals surface area contributed by atoms with E-state index in [0.29, 0.717) is 12.1 Å². The number of carbonyl (C=O) groups excluding carboxylic acids is 1. The molecule has 0 aromatic carbocycles. The lowest BCUT2D eigenvalue weighted by atomic mass is 9.84. The highest BCUT2D eigenvalue weighted by molar-refractivity contribution is 5.84. The summed E-state index contributed by atoms with van der Waals surface area (Å²) in [6.07, 6.45) is 6.23. The van der Waals surface area contributed by atoms with Crippen LogP contribution in [-0.4, -0.2) is 28.0 Å². The van der Waals surface area contributed by atoms with Crippen LogP contribution in [0.1, 0.15) is 68.9 Å². The SMILES string of the molecule is Cc1noc(C)c1C(C)C(=O)N1C(C)CC2CCCCC21. The smallest absolute Gasteiger partial charge is 0.230 e. The summed E-state index contributed by atoms with van der Waals surface area (Å²) in [7, 11) is 0. The van der Waals surface area contributed by atoms with Crippen LogP contribution in [0.4, 0.5) is 0 Å². The van der Waals surface area contributed by atoms with E-state index in [-0.39, 0.29) is 11.8 Å². The van der Waals surface area contributed by atoms with E-state index in [1.807, 2.05) is 20.8 Å². The number of hydrogen-bond acceptors (Lipinski definition) is 3. The second-order valence-electron chi connectivity index (χ2n) is 6.90. The minimum absolute atomic E-state index is 0.153. The van der Waals surface area contributed by atoms with Gasteiger partial charge in [-0.3, -0.25) is 4.79 Å². The summed E-state index contributed by atoms with van der Waals surface area (Å²) in [5.74, 6) is 1.60. The average molecular weight is 290 g/mol. The van der Waals surface area contributed by atoms with Gasteiger partial charge in [0.25, 0.3) is 0 Å². The fraction of sp³-hybridized carbons (Fsp3) is 0.765. The lowest BCUT2D eigenvalue weighted by Crippen LogP contribution is -2.44. The number of aromatic nitrogens is 1. The maximum atomic E-state index is 13.1.